The molecule has 16 atom stereocenters. The average molecular weight is 1740 g/mol. The van der Waals surface area contributed by atoms with E-state index in [2.05, 4.69) is 0 Å². The van der Waals surface area contributed by atoms with Crippen LogP contribution in [0.2, 0.25) is 0 Å². The molecule has 8 aliphatic rings. The molecule has 4 aromatic carbocycles. The Hall–Kier alpha value is -7.16. The van der Waals surface area contributed by atoms with Gasteiger partial charge >= 0.3 is 23.9 Å². The van der Waals surface area contributed by atoms with Gasteiger partial charge in [-0.15, -0.1) is 0 Å². The summed E-state index contributed by atoms with van der Waals surface area (Å²) in [5, 5.41) is 0. The van der Waals surface area contributed by atoms with Gasteiger partial charge in [0, 0.05) is 191 Å². The monoisotopic (exact) mass is 1740 g/mol. The molecule has 120 heavy (non-hydrogen) atoms. The fourth-order valence-corrected chi connectivity index (χ4v) is 13.7. The summed E-state index contributed by atoms with van der Waals surface area (Å²) < 4.78 is 591. The van der Waals surface area contributed by atoms with Gasteiger partial charge in [0.25, 0.3) is 0 Å². The van der Waals surface area contributed by atoms with Crippen molar-refractivity contribution in [1.82, 2.24) is 19.6 Å². The van der Waals surface area contributed by atoms with E-state index < -0.39 is 326 Å². The molecule has 8 N–H and O–H groups in total. The number of carbonyl (C=O) groups excluding carboxylic acids is 4. The van der Waals surface area contributed by atoms with Crippen LogP contribution in [0.1, 0.15) is 316 Å². The molecule has 0 aromatic heterocycles. The zero-order valence-electron chi connectivity index (χ0n) is 132. The number of fused-ring (bicyclic) bond motifs is 12. The second-order valence-electron chi connectivity index (χ2n) is 29.9. The third-order valence-electron chi connectivity index (χ3n) is 19.4. The fourth-order valence-electron chi connectivity index (χ4n) is 13.7. The van der Waals surface area contributed by atoms with Crippen LogP contribution in [0.15, 0.2) is 48.5 Å². The molecule has 0 spiro atoms. The van der Waals surface area contributed by atoms with E-state index in [1.165, 1.54) is 78.7 Å². The molecule has 672 valence electrons. The van der Waals surface area contributed by atoms with Crippen molar-refractivity contribution in [2.45, 2.75) is 260 Å². The lowest BCUT2D eigenvalue weighted by Crippen LogP contribution is -2.51. The Morgan fingerprint density at radius 1 is 0.358 bits per heavy atom. The van der Waals surface area contributed by atoms with Crippen LogP contribution in [0.3, 0.4) is 0 Å². The van der Waals surface area contributed by atoms with Crippen molar-refractivity contribution in [3.8, 4) is 46.0 Å². The number of piperidine rings is 4. The van der Waals surface area contributed by atoms with E-state index in [4.69, 9.17) is 143 Å². The predicted molar refractivity (Wildman–Crippen MR) is 471 cm³/mol. The zero-order valence-corrected chi connectivity index (χ0v) is 69.3. The van der Waals surface area contributed by atoms with Gasteiger partial charge in [-0.1, -0.05) is 110 Å². The van der Waals surface area contributed by atoms with Gasteiger partial charge in [0.05, 0.1) is 77.3 Å². The topological polar surface area (TPSA) is 296 Å². The lowest BCUT2D eigenvalue weighted by atomic mass is 9.79. The molecule has 12 rings (SSSR count). The molecule has 24 nitrogen and oxygen atoms in total. The van der Waals surface area contributed by atoms with E-state index >= 15 is 0 Å². The number of rotatable bonds is 28. The van der Waals surface area contributed by atoms with Crippen molar-refractivity contribution in [2.24, 2.45) is 93.8 Å². The molecule has 4 fully saturated rings. The molecule has 0 bridgehead atoms. The minimum Gasteiger partial charge on any atom is -0.493 e. The maximum Gasteiger partial charge on any atom is 0.323 e. The van der Waals surface area contributed by atoms with Crippen molar-refractivity contribution in [1.29, 1.82) is 0 Å². The number of methoxy groups -OCH3 is 8. The number of esters is 4. The molecule has 12 unspecified atom stereocenters. The third-order valence-corrected chi connectivity index (χ3v) is 19.4. The van der Waals surface area contributed by atoms with Crippen molar-refractivity contribution < 1.29 is 162 Å². The van der Waals surface area contributed by atoms with E-state index in [0.29, 0.717) is 5.56 Å². The Bertz CT molecular complexity index is 6720. The molecular weight excluding hydrogens is 1520 g/mol. The van der Waals surface area contributed by atoms with Gasteiger partial charge in [0.2, 0.25) is 0 Å². The largest absolute Gasteiger partial charge is 0.493 e. The van der Waals surface area contributed by atoms with Crippen LogP contribution in [0.4, 0.5) is 0 Å². The van der Waals surface area contributed by atoms with Gasteiger partial charge < -0.3 is 79.8 Å². The molecule has 0 aliphatic carbocycles. The molecule has 0 radical (unpaired) electrons. The average Bonchev–Trinajstić information content (AvgIpc) is 0.650. The van der Waals surface area contributed by atoms with Gasteiger partial charge in [-0.3, -0.25) is 38.8 Å². The van der Waals surface area contributed by atoms with Crippen LogP contribution in [0.5, 0.6) is 46.0 Å². The summed E-state index contributed by atoms with van der Waals surface area (Å²) in [6.45, 7) is -32.1. The second-order valence-corrected chi connectivity index (χ2v) is 29.9. The Labute approximate surface area is 807 Å². The Morgan fingerprint density at radius 3 is 0.825 bits per heavy atom. The first-order chi connectivity index (χ1) is 81.2. The van der Waals surface area contributed by atoms with Gasteiger partial charge in [-0.25, -0.2) is 0 Å². The first-order valence-corrected chi connectivity index (χ1v) is 38.2. The molecule has 4 aromatic rings. The van der Waals surface area contributed by atoms with Crippen molar-refractivity contribution in [3.63, 3.8) is 0 Å². The molecule has 0 amide bonds. The number of ether oxygens (including phenoxy) is 12. The lowest BCUT2D eigenvalue weighted by Gasteiger charge is -2.47. The van der Waals surface area contributed by atoms with Gasteiger partial charge in [0.15, 0.2) is 46.0 Å². The summed E-state index contributed by atoms with van der Waals surface area (Å²) in [5.41, 5.74) is 22.8. The summed E-state index contributed by atoms with van der Waals surface area (Å²) in [6.07, 6.45) is -27.3. The third kappa shape index (κ3) is 23.8. The lowest BCUT2D eigenvalue weighted by molar-refractivity contribution is -0.161. The normalized spacial score (nSPS) is 44.0. The zero-order chi connectivity index (χ0) is 143. The van der Waals surface area contributed by atoms with Crippen LogP contribution in [-0.4, -0.2) is 201 Å². The number of hydrogen-bond acceptors (Lipinski definition) is 24. The highest BCUT2D eigenvalue weighted by atomic mass is 16.6. The van der Waals surface area contributed by atoms with Crippen LogP contribution in [-0.2, 0) is 63.8 Å². The van der Waals surface area contributed by atoms with Crippen LogP contribution in [0, 0.1) is 70.8 Å². The maximum absolute atomic E-state index is 13.7. The maximum atomic E-state index is 13.7. The van der Waals surface area contributed by atoms with Crippen molar-refractivity contribution in [2.75, 3.05) is 109 Å². The molecule has 8 heterocycles. The van der Waals surface area contributed by atoms with Crippen LogP contribution < -0.4 is 60.8 Å². The second kappa shape index (κ2) is 43.9. The van der Waals surface area contributed by atoms with Gasteiger partial charge in [-0.2, -0.15) is 0 Å². The highest BCUT2D eigenvalue weighted by molar-refractivity contribution is 5.77. The van der Waals surface area contributed by atoms with Crippen LogP contribution >= 0.6 is 0 Å². The molecule has 4 saturated heterocycles. The van der Waals surface area contributed by atoms with E-state index in [0.717, 1.165) is 46.0 Å². The fraction of sp³-hybridized carbons (Fsp3) is 0.708. The summed E-state index contributed by atoms with van der Waals surface area (Å²) in [4.78, 5) is 57.7. The SMILES string of the molecule is [2H]C([2H])([2H])C([2H])(C([2H])([2H])[2H])[C@]([2H])(N)C(=O)OC1([2H])C([2H])([2H])C2([2H])c3cc(OC)c(OC)cc3CCN2C([2H])([2H])C1([2H])CC(C)C.[2H]C([2H])([2H])C([2H])(C([2H])([2H])[2H])[C@]([2H])(N)C(=O)OC1C([2H])([2H])C2([2H])c3cc(OC)c(OC)cc3CCN2C([2H])([2H])C1([2H])CC(C)C.[2H]C([2H])([2H])Oc1cc2c(cc1OC)C1([2H])N(CC2)C([2H])([2H])C([2H])(CC(C)C)C(OC(=O)[C@@]([2H])(N)C([2H])(C([2H])([2H])[2H])C([2H])([2H])[2H])C1([2H])[2H].[2H]C([2H])([2H])Oc1cc2c(cc1OC)C1([2H])N(CC2)C([2H])([2H])C([2H])(CC(C)C)C(OC(=O)[C@@]([2H])(N)C([2H])(C([2H])([2H])[2H])C([2H])([2H])[2H])C1([2H])[2H]. The summed E-state index contributed by atoms with van der Waals surface area (Å²) in [6, 6.07) is -17.3. The number of nitrogens with two attached hydrogens (primary N) is 4. The Balaban J connectivity index is 0.000000266. The molecule has 8 aliphatic heterocycles. The number of benzene rings is 4. The first kappa shape index (κ1) is 41.8. The Morgan fingerprint density at radius 2 is 0.583 bits per heavy atom. The minimum atomic E-state index is -4.09. The van der Waals surface area contributed by atoms with Gasteiger partial charge in [0.1, 0.15) is 48.5 Å². The molecular formula is C96H152N8O16. The number of nitrogens with zero attached hydrogens (tertiary/aromatic N) is 4. The van der Waals surface area contributed by atoms with Crippen LogP contribution in [0.25, 0.3) is 0 Å². The smallest absolute Gasteiger partial charge is 0.323 e. The van der Waals surface area contributed by atoms with Gasteiger partial charge in [-0.05, 0) is 192 Å². The first-order valence-electron chi connectivity index (χ1n) is 69.7. The Kier molecular flexibility index (Phi) is 15.3. The van der Waals surface area contributed by atoms with E-state index in [9.17, 15) is 42.5 Å². The van der Waals surface area contributed by atoms with E-state index in [1.54, 1.807) is 41.5 Å². The van der Waals surface area contributed by atoms with Crippen molar-refractivity contribution in [3.05, 3.63) is 93.0 Å². The van der Waals surface area contributed by atoms with E-state index in [1.807, 2.05) is 0 Å². The molecule has 24 heteroatoms. The summed E-state index contributed by atoms with van der Waals surface area (Å²) in [7, 11) is 1.70. The summed E-state index contributed by atoms with van der Waals surface area (Å²) >= 11 is 0. The highest BCUT2D eigenvalue weighted by Crippen LogP contribution is 2.50. The van der Waals surface area contributed by atoms with Crippen molar-refractivity contribution >= 4 is 23.9 Å². The van der Waals surface area contributed by atoms with E-state index in [-0.39, 0.29) is 124 Å². The quantitative estimate of drug-likeness (QED) is 0.0303. The minimum absolute atomic E-state index is 0.0139. The predicted octanol–water partition coefficient (Wildman–Crippen LogP) is 14.3. The highest BCUT2D eigenvalue weighted by Gasteiger charge is 2.47. The number of hydrogen-bond donors (Lipinski definition) is 4. The molecule has 0 saturated carbocycles. The standard InChI is InChI=1S/4C24H38N2O4/c4*1-14(2)9-17-13-26-8-7-16-10-21(28-5)22(29-6)11-18(16)19(26)12-20(17)30-24(27)23(25)15(3)4/h4*10-11,14-15,17,19-20,23H,7-9,12-13,25H2,1-6H3/t4*17?,19?,20?,23-/m0000/s1/i3D3,4D3,12D2,13D2,15D,17D,19D,20D,23D;2*3D3,4D3,5D3,12D2,13D2,15D,17D,19D,23D;3D3,4D3,12D2,13D2,15D,17D,19D,23D. The summed E-state index contributed by atoms with van der Waals surface area (Å²) in [5.74, 6) is -39.5. The number of carbonyl (C=O) groups is 4.